The van der Waals surface area contributed by atoms with E-state index in [0.717, 1.165) is 18.4 Å². The largest absolute Gasteiger partial charge is 0.507 e. The van der Waals surface area contributed by atoms with Crippen LogP contribution in [0.25, 0.3) is 0 Å². The van der Waals surface area contributed by atoms with E-state index < -0.39 is 0 Å². The molecule has 1 saturated carbocycles. The molecule has 92 valence electrons. The van der Waals surface area contributed by atoms with Gasteiger partial charge in [0.25, 0.3) is 5.91 Å². The van der Waals surface area contributed by atoms with E-state index in [1.54, 1.807) is 17.0 Å². The second-order valence-electron chi connectivity index (χ2n) is 4.87. The zero-order valence-electron chi connectivity index (χ0n) is 10.4. The Labute approximate surface area is 102 Å². The Kier molecular flexibility index (Phi) is 3.36. The molecule has 0 bridgehead atoms. The van der Waals surface area contributed by atoms with Crippen LogP contribution in [0, 0.1) is 6.92 Å². The zero-order valence-corrected chi connectivity index (χ0v) is 10.4. The molecule has 0 saturated heterocycles. The first-order chi connectivity index (χ1) is 8.09. The minimum Gasteiger partial charge on any atom is -0.507 e. The molecular weight excluding hydrogens is 214 g/mol. The smallest absolute Gasteiger partial charge is 0.257 e. The summed E-state index contributed by atoms with van der Waals surface area (Å²) < 4.78 is 0. The molecule has 3 heteroatoms. The summed E-state index contributed by atoms with van der Waals surface area (Å²) in [5.74, 6) is 0.00328. The van der Waals surface area contributed by atoms with Crippen molar-refractivity contribution in [1.82, 2.24) is 4.90 Å². The highest BCUT2D eigenvalue weighted by Gasteiger charge is 2.25. The van der Waals surface area contributed by atoms with Gasteiger partial charge in [0.15, 0.2) is 0 Å². The molecule has 0 radical (unpaired) electrons. The van der Waals surface area contributed by atoms with Crippen molar-refractivity contribution < 1.29 is 9.90 Å². The van der Waals surface area contributed by atoms with Crippen molar-refractivity contribution in [3.63, 3.8) is 0 Å². The van der Waals surface area contributed by atoms with E-state index in [1.165, 1.54) is 12.8 Å². The summed E-state index contributed by atoms with van der Waals surface area (Å²) in [6, 6.07) is 5.48. The average Bonchev–Trinajstić information content (AvgIpc) is 2.84. The first kappa shape index (κ1) is 12.0. The van der Waals surface area contributed by atoms with E-state index in [4.69, 9.17) is 0 Å². The number of rotatable bonds is 2. The number of carbonyl (C=O) groups is 1. The summed E-state index contributed by atoms with van der Waals surface area (Å²) >= 11 is 0. The Hall–Kier alpha value is -1.51. The monoisotopic (exact) mass is 233 g/mol. The van der Waals surface area contributed by atoms with Gasteiger partial charge in [-0.2, -0.15) is 0 Å². The molecule has 0 unspecified atom stereocenters. The normalized spacial score (nSPS) is 16.1. The maximum Gasteiger partial charge on any atom is 0.257 e. The molecule has 2 rings (SSSR count). The van der Waals surface area contributed by atoms with Crippen molar-refractivity contribution in [3.8, 4) is 5.75 Å². The first-order valence-electron chi connectivity index (χ1n) is 6.16. The zero-order chi connectivity index (χ0) is 12.4. The molecule has 17 heavy (non-hydrogen) atoms. The molecule has 1 aliphatic rings. The predicted octanol–water partition coefficient (Wildman–Crippen LogP) is 2.72. The average molecular weight is 233 g/mol. The van der Waals surface area contributed by atoms with Gasteiger partial charge >= 0.3 is 0 Å². The molecule has 0 aromatic heterocycles. The molecule has 0 heterocycles. The van der Waals surface area contributed by atoms with Gasteiger partial charge in [0.2, 0.25) is 0 Å². The fourth-order valence-corrected chi connectivity index (χ4v) is 2.47. The molecule has 1 aliphatic carbocycles. The Morgan fingerprint density at radius 3 is 2.65 bits per heavy atom. The molecular formula is C14H19NO2. The molecule has 3 nitrogen and oxygen atoms in total. The SMILES string of the molecule is Cc1ccc(O)c(C(=O)N(C)C2CCCC2)c1. The highest BCUT2D eigenvalue weighted by atomic mass is 16.3. The van der Waals surface area contributed by atoms with Gasteiger partial charge in [0, 0.05) is 13.1 Å². The number of hydrogen-bond donors (Lipinski definition) is 1. The second kappa shape index (κ2) is 4.78. The third-order valence-electron chi connectivity index (χ3n) is 3.58. The van der Waals surface area contributed by atoms with E-state index in [-0.39, 0.29) is 11.7 Å². The van der Waals surface area contributed by atoms with Crippen molar-refractivity contribution >= 4 is 5.91 Å². The van der Waals surface area contributed by atoms with Gasteiger partial charge < -0.3 is 10.0 Å². The Bertz CT molecular complexity index is 422. The van der Waals surface area contributed by atoms with Crippen LogP contribution in [0.3, 0.4) is 0 Å². The molecule has 0 aliphatic heterocycles. The van der Waals surface area contributed by atoms with Gasteiger partial charge in [-0.05, 0) is 31.9 Å². The van der Waals surface area contributed by atoms with E-state index >= 15 is 0 Å². The van der Waals surface area contributed by atoms with Crippen molar-refractivity contribution in [2.24, 2.45) is 0 Å². The number of hydrogen-bond acceptors (Lipinski definition) is 2. The standard InChI is InChI=1S/C14H19NO2/c1-10-7-8-13(16)12(9-10)14(17)15(2)11-5-3-4-6-11/h7-9,11,16H,3-6H2,1-2H3. The lowest BCUT2D eigenvalue weighted by atomic mass is 10.1. The van der Waals surface area contributed by atoms with Gasteiger partial charge in [-0.25, -0.2) is 0 Å². The van der Waals surface area contributed by atoms with Crippen molar-refractivity contribution in [1.29, 1.82) is 0 Å². The lowest BCUT2D eigenvalue weighted by Crippen LogP contribution is -2.35. The highest BCUT2D eigenvalue weighted by molar-refractivity contribution is 5.97. The van der Waals surface area contributed by atoms with Crippen LogP contribution in [-0.2, 0) is 0 Å². The van der Waals surface area contributed by atoms with E-state index in [0.29, 0.717) is 11.6 Å². The molecule has 0 atom stereocenters. The number of carbonyl (C=O) groups excluding carboxylic acids is 1. The number of benzene rings is 1. The topological polar surface area (TPSA) is 40.5 Å². The summed E-state index contributed by atoms with van der Waals surface area (Å²) in [7, 11) is 1.83. The van der Waals surface area contributed by atoms with Crippen LogP contribution in [0.2, 0.25) is 0 Å². The van der Waals surface area contributed by atoms with Crippen LogP contribution in [0.1, 0.15) is 41.6 Å². The van der Waals surface area contributed by atoms with Gasteiger partial charge in [-0.1, -0.05) is 24.5 Å². The molecule has 1 fully saturated rings. The summed E-state index contributed by atoms with van der Waals surface area (Å²) in [6.07, 6.45) is 4.55. The number of phenolic OH excluding ortho intramolecular Hbond substituents is 1. The quantitative estimate of drug-likeness (QED) is 0.853. The lowest BCUT2D eigenvalue weighted by Gasteiger charge is -2.24. The van der Waals surface area contributed by atoms with E-state index in [9.17, 15) is 9.90 Å². The third kappa shape index (κ3) is 2.43. The number of amides is 1. The van der Waals surface area contributed by atoms with Gasteiger partial charge in [-0.15, -0.1) is 0 Å². The van der Waals surface area contributed by atoms with E-state index in [1.807, 2.05) is 20.0 Å². The molecule has 1 N–H and O–H groups in total. The summed E-state index contributed by atoms with van der Waals surface area (Å²) in [4.78, 5) is 14.0. The number of aromatic hydroxyl groups is 1. The third-order valence-corrected chi connectivity index (χ3v) is 3.58. The molecule has 1 aromatic rings. The fourth-order valence-electron chi connectivity index (χ4n) is 2.47. The Morgan fingerprint density at radius 1 is 1.35 bits per heavy atom. The van der Waals surface area contributed by atoms with Crippen molar-refractivity contribution in [3.05, 3.63) is 29.3 Å². The molecule has 0 spiro atoms. The van der Waals surface area contributed by atoms with Crippen LogP contribution in [0.15, 0.2) is 18.2 Å². The summed E-state index contributed by atoms with van der Waals surface area (Å²) in [5, 5.41) is 9.75. The Morgan fingerprint density at radius 2 is 2.00 bits per heavy atom. The minimum absolute atomic E-state index is 0.0712. The summed E-state index contributed by atoms with van der Waals surface area (Å²) in [6.45, 7) is 1.92. The second-order valence-corrected chi connectivity index (χ2v) is 4.87. The van der Waals surface area contributed by atoms with E-state index in [2.05, 4.69) is 0 Å². The fraction of sp³-hybridized carbons (Fsp3) is 0.500. The van der Waals surface area contributed by atoms with Crippen LogP contribution < -0.4 is 0 Å². The van der Waals surface area contributed by atoms with Gasteiger partial charge in [0.05, 0.1) is 5.56 Å². The first-order valence-corrected chi connectivity index (χ1v) is 6.16. The number of nitrogens with zero attached hydrogens (tertiary/aromatic N) is 1. The Balaban J connectivity index is 2.20. The van der Waals surface area contributed by atoms with Crippen LogP contribution >= 0.6 is 0 Å². The minimum atomic E-state index is -0.0712. The van der Waals surface area contributed by atoms with Gasteiger partial charge in [-0.3, -0.25) is 4.79 Å². The maximum atomic E-state index is 12.3. The predicted molar refractivity (Wildman–Crippen MR) is 67.2 cm³/mol. The van der Waals surface area contributed by atoms with Gasteiger partial charge in [0.1, 0.15) is 5.75 Å². The van der Waals surface area contributed by atoms with Crippen LogP contribution in [0.4, 0.5) is 0 Å². The maximum absolute atomic E-state index is 12.3. The van der Waals surface area contributed by atoms with Crippen LogP contribution in [-0.4, -0.2) is 29.0 Å². The number of phenols is 1. The summed E-state index contributed by atoms with van der Waals surface area (Å²) in [5.41, 5.74) is 1.41. The number of aryl methyl sites for hydroxylation is 1. The molecule has 1 aromatic carbocycles. The van der Waals surface area contributed by atoms with Crippen LogP contribution in [0.5, 0.6) is 5.75 Å². The van der Waals surface area contributed by atoms with Crippen molar-refractivity contribution in [2.75, 3.05) is 7.05 Å². The lowest BCUT2D eigenvalue weighted by molar-refractivity contribution is 0.0732. The highest BCUT2D eigenvalue weighted by Crippen LogP contribution is 2.26. The van der Waals surface area contributed by atoms with Crippen molar-refractivity contribution in [2.45, 2.75) is 38.6 Å². The molecule has 1 amide bonds.